The maximum Gasteiger partial charge on any atom is 0.136 e. The van der Waals surface area contributed by atoms with Gasteiger partial charge >= 0.3 is 0 Å². The van der Waals surface area contributed by atoms with Crippen molar-refractivity contribution in [2.24, 2.45) is 0 Å². The van der Waals surface area contributed by atoms with Crippen molar-refractivity contribution in [3.63, 3.8) is 0 Å². The van der Waals surface area contributed by atoms with Gasteiger partial charge in [-0.05, 0) is 137 Å². The van der Waals surface area contributed by atoms with Crippen LogP contribution in [0.3, 0.4) is 0 Å². The van der Waals surface area contributed by atoms with Crippen molar-refractivity contribution in [1.82, 2.24) is 0 Å². The molecule has 0 atom stereocenters. The van der Waals surface area contributed by atoms with Crippen molar-refractivity contribution in [3.8, 4) is 44.5 Å². The summed E-state index contributed by atoms with van der Waals surface area (Å²) in [6.07, 6.45) is 0. The van der Waals surface area contributed by atoms with Crippen molar-refractivity contribution < 1.29 is 4.42 Å². The zero-order valence-electron chi connectivity index (χ0n) is 36.0. The monoisotopic (exact) mass is 839 g/mol. The molecule has 308 valence electrons. The van der Waals surface area contributed by atoms with Crippen LogP contribution in [0.5, 0.6) is 0 Å². The third kappa shape index (κ3) is 6.42. The van der Waals surface area contributed by atoms with E-state index in [0.29, 0.717) is 0 Å². The number of fused-ring (bicyclic) bond motifs is 9. The molecule has 0 aliphatic heterocycles. The molecule has 12 aromatic carbocycles. The SMILES string of the molecule is c1cc(-c2ccc3ccc4ccccc4c3c2)cc(N(c2ccc(-c3cccc4oc5ccccc5c34)cc2)c2ccccc2-c2ccc(-c3ccc4ccc5ccccc5c4c3)cc2)c1. The predicted molar refractivity (Wildman–Crippen MR) is 280 cm³/mol. The first-order valence-electron chi connectivity index (χ1n) is 22.6. The Hall–Kier alpha value is -8.72. The normalized spacial score (nSPS) is 11.6. The molecule has 13 aromatic rings. The molecule has 0 radical (unpaired) electrons. The Morgan fingerprint density at radius 2 is 0.727 bits per heavy atom. The summed E-state index contributed by atoms with van der Waals surface area (Å²) in [5, 5.41) is 12.3. The second kappa shape index (κ2) is 15.5. The molecule has 0 spiro atoms. The van der Waals surface area contributed by atoms with E-state index in [1.807, 2.05) is 12.1 Å². The third-order valence-electron chi connectivity index (χ3n) is 13.4. The predicted octanol–water partition coefficient (Wildman–Crippen LogP) is 18.3. The van der Waals surface area contributed by atoms with E-state index in [9.17, 15) is 0 Å². The molecule has 0 N–H and O–H groups in total. The van der Waals surface area contributed by atoms with Gasteiger partial charge in [-0.15, -0.1) is 0 Å². The van der Waals surface area contributed by atoms with Crippen LogP contribution in [0.1, 0.15) is 0 Å². The molecule has 66 heavy (non-hydrogen) atoms. The second-order valence-corrected chi connectivity index (χ2v) is 17.2. The van der Waals surface area contributed by atoms with Crippen LogP contribution in [0.4, 0.5) is 17.1 Å². The summed E-state index contributed by atoms with van der Waals surface area (Å²) in [6.45, 7) is 0. The van der Waals surface area contributed by atoms with Crippen LogP contribution in [0.15, 0.2) is 253 Å². The van der Waals surface area contributed by atoms with E-state index in [1.54, 1.807) is 0 Å². The lowest BCUT2D eigenvalue weighted by atomic mass is 9.95. The zero-order valence-corrected chi connectivity index (χ0v) is 36.0. The minimum absolute atomic E-state index is 0.895. The quantitative estimate of drug-likeness (QED) is 0.149. The molecule has 0 aliphatic carbocycles. The summed E-state index contributed by atoms with van der Waals surface area (Å²) in [6, 6.07) is 90.4. The van der Waals surface area contributed by atoms with Gasteiger partial charge in [0.05, 0.1) is 5.69 Å². The highest BCUT2D eigenvalue weighted by Gasteiger charge is 2.20. The lowest BCUT2D eigenvalue weighted by Crippen LogP contribution is -2.11. The van der Waals surface area contributed by atoms with E-state index in [2.05, 4.69) is 241 Å². The van der Waals surface area contributed by atoms with Crippen LogP contribution in [0.2, 0.25) is 0 Å². The van der Waals surface area contributed by atoms with Crippen LogP contribution < -0.4 is 4.90 Å². The first kappa shape index (κ1) is 37.8. The Morgan fingerprint density at radius 1 is 0.258 bits per heavy atom. The maximum absolute atomic E-state index is 6.30. The van der Waals surface area contributed by atoms with Gasteiger partial charge in [0.1, 0.15) is 11.2 Å². The first-order valence-corrected chi connectivity index (χ1v) is 22.6. The lowest BCUT2D eigenvalue weighted by molar-refractivity contribution is 0.669. The molecule has 0 fully saturated rings. The van der Waals surface area contributed by atoms with Gasteiger partial charge in [0.2, 0.25) is 0 Å². The van der Waals surface area contributed by atoms with Crippen LogP contribution in [-0.4, -0.2) is 0 Å². The van der Waals surface area contributed by atoms with Crippen LogP contribution in [-0.2, 0) is 0 Å². The second-order valence-electron chi connectivity index (χ2n) is 17.2. The highest BCUT2D eigenvalue weighted by atomic mass is 16.3. The number of rotatable bonds is 7. The molecule has 0 saturated carbocycles. The smallest absolute Gasteiger partial charge is 0.136 e. The molecule has 2 heteroatoms. The zero-order chi connectivity index (χ0) is 43.6. The topological polar surface area (TPSA) is 16.4 Å². The summed E-state index contributed by atoms with van der Waals surface area (Å²) in [5.41, 5.74) is 14.4. The van der Waals surface area contributed by atoms with Crippen molar-refractivity contribution >= 4 is 82.1 Å². The number of nitrogens with zero attached hydrogens (tertiary/aromatic N) is 1. The molecule has 0 amide bonds. The number of hydrogen-bond acceptors (Lipinski definition) is 2. The molecule has 0 bridgehead atoms. The van der Waals surface area contributed by atoms with Crippen LogP contribution in [0, 0.1) is 0 Å². The highest BCUT2D eigenvalue weighted by Crippen LogP contribution is 2.44. The average molecular weight is 840 g/mol. The van der Waals surface area contributed by atoms with Gasteiger partial charge in [-0.25, -0.2) is 0 Å². The van der Waals surface area contributed by atoms with Gasteiger partial charge in [0.25, 0.3) is 0 Å². The molecule has 2 nitrogen and oxygen atoms in total. The summed E-state index contributed by atoms with van der Waals surface area (Å²) in [4.78, 5) is 2.41. The van der Waals surface area contributed by atoms with Crippen molar-refractivity contribution in [2.75, 3.05) is 4.90 Å². The molecular weight excluding hydrogens is 799 g/mol. The highest BCUT2D eigenvalue weighted by molar-refractivity contribution is 6.13. The minimum atomic E-state index is 0.895. The van der Waals surface area contributed by atoms with Crippen molar-refractivity contribution in [1.29, 1.82) is 0 Å². The van der Waals surface area contributed by atoms with E-state index in [-0.39, 0.29) is 0 Å². The summed E-state index contributed by atoms with van der Waals surface area (Å²) in [5.74, 6) is 0. The Kier molecular flexibility index (Phi) is 8.89. The van der Waals surface area contributed by atoms with Gasteiger partial charge in [-0.1, -0.05) is 194 Å². The first-order chi connectivity index (χ1) is 32.7. The molecule has 0 unspecified atom stereocenters. The maximum atomic E-state index is 6.30. The average Bonchev–Trinajstić information content (AvgIpc) is 3.78. The molecule has 0 saturated heterocycles. The Bertz CT molecular complexity index is 3990. The van der Waals surface area contributed by atoms with Crippen LogP contribution >= 0.6 is 0 Å². The van der Waals surface area contributed by atoms with Gasteiger partial charge in [-0.3, -0.25) is 0 Å². The standard InChI is InChI=1S/C64H41NO/c1-3-15-54-43(11-1)27-29-47-31-33-50(40-59(47)54)42-23-25-45(26-24-42)56-17-5-7-20-61(56)65(52-37-35-46(36-38-52)57-19-10-22-63-64(57)58-18-6-8-21-62(58)66-63)53-14-9-13-49(39-53)51-34-32-48-30-28-44-12-2-4-16-55(44)60(48)41-51/h1-41H. The van der Waals surface area contributed by atoms with Gasteiger partial charge in [-0.2, -0.15) is 0 Å². The van der Waals surface area contributed by atoms with E-state index < -0.39 is 0 Å². The molecule has 1 heterocycles. The molecular formula is C64H41NO. The fourth-order valence-corrected chi connectivity index (χ4v) is 10.2. The Labute approximate surface area is 382 Å². The fourth-order valence-electron chi connectivity index (χ4n) is 10.2. The van der Waals surface area contributed by atoms with Crippen LogP contribution in [0.25, 0.3) is 110 Å². The number of anilines is 3. The largest absolute Gasteiger partial charge is 0.456 e. The van der Waals surface area contributed by atoms with Gasteiger partial charge < -0.3 is 9.32 Å². The molecule has 1 aromatic heterocycles. The number of para-hydroxylation sites is 2. The number of furan rings is 1. The summed E-state index contributed by atoms with van der Waals surface area (Å²) < 4.78 is 6.30. The Balaban J connectivity index is 0.934. The van der Waals surface area contributed by atoms with E-state index in [1.165, 1.54) is 59.8 Å². The fraction of sp³-hybridized carbons (Fsp3) is 0. The van der Waals surface area contributed by atoms with Crippen molar-refractivity contribution in [3.05, 3.63) is 249 Å². The van der Waals surface area contributed by atoms with Gasteiger partial charge in [0.15, 0.2) is 0 Å². The summed E-state index contributed by atoms with van der Waals surface area (Å²) >= 11 is 0. The van der Waals surface area contributed by atoms with E-state index in [4.69, 9.17) is 4.42 Å². The van der Waals surface area contributed by atoms with Crippen molar-refractivity contribution in [2.45, 2.75) is 0 Å². The molecule has 0 aliphatic rings. The minimum Gasteiger partial charge on any atom is -0.456 e. The van der Waals surface area contributed by atoms with E-state index in [0.717, 1.165) is 66.8 Å². The van der Waals surface area contributed by atoms with Gasteiger partial charge in [0, 0.05) is 27.7 Å². The molecule has 13 rings (SSSR count). The number of hydrogen-bond donors (Lipinski definition) is 0. The van der Waals surface area contributed by atoms with E-state index >= 15 is 0 Å². The summed E-state index contributed by atoms with van der Waals surface area (Å²) in [7, 11) is 0. The Morgan fingerprint density at radius 3 is 1.44 bits per heavy atom. The number of benzene rings is 12. The third-order valence-corrected chi connectivity index (χ3v) is 13.4. The lowest BCUT2D eigenvalue weighted by Gasteiger charge is -2.28.